The maximum atomic E-state index is 11.6. The highest BCUT2D eigenvalue weighted by Crippen LogP contribution is 2.01. The van der Waals surface area contributed by atoms with Crippen LogP contribution in [0, 0.1) is 0 Å². The third-order valence-electron chi connectivity index (χ3n) is 3.42. The number of carbonyl (C=O) groups is 2. The lowest BCUT2D eigenvalue weighted by atomic mass is 10.1. The molecule has 0 spiro atoms. The number of unbranched alkanes of at least 4 members (excludes halogenated alkanes) is 1. The van der Waals surface area contributed by atoms with Crippen LogP contribution in [-0.4, -0.2) is 36.3 Å². The fraction of sp³-hybridized carbons (Fsp3) is 0.529. The number of rotatable bonds is 9. The minimum absolute atomic E-state index is 0.0498. The molecule has 0 saturated heterocycles. The summed E-state index contributed by atoms with van der Waals surface area (Å²) in [5.74, 6) is 0.122. The minimum Gasteiger partial charge on any atom is -0.354 e. The van der Waals surface area contributed by atoms with Crippen LogP contribution >= 0.6 is 0 Å². The SMILES string of the molecule is CCCCC(=O)NCCN(CCc1ccccc1)C(C)=O. The molecule has 1 aromatic carbocycles. The fourth-order valence-electron chi connectivity index (χ4n) is 2.09. The van der Waals surface area contributed by atoms with Crippen molar-refractivity contribution in [2.75, 3.05) is 19.6 Å². The van der Waals surface area contributed by atoms with Gasteiger partial charge in [-0.05, 0) is 18.4 Å². The van der Waals surface area contributed by atoms with E-state index >= 15 is 0 Å². The van der Waals surface area contributed by atoms with Gasteiger partial charge in [0.1, 0.15) is 0 Å². The van der Waals surface area contributed by atoms with Gasteiger partial charge in [0.05, 0.1) is 0 Å². The normalized spacial score (nSPS) is 10.2. The maximum Gasteiger partial charge on any atom is 0.220 e. The molecule has 21 heavy (non-hydrogen) atoms. The van der Waals surface area contributed by atoms with Gasteiger partial charge in [0.15, 0.2) is 0 Å². The van der Waals surface area contributed by atoms with E-state index in [4.69, 9.17) is 0 Å². The average molecular weight is 290 g/mol. The van der Waals surface area contributed by atoms with E-state index < -0.39 is 0 Å². The van der Waals surface area contributed by atoms with Crippen molar-refractivity contribution in [3.8, 4) is 0 Å². The van der Waals surface area contributed by atoms with Crippen LogP contribution in [0.4, 0.5) is 0 Å². The highest BCUT2D eigenvalue weighted by Gasteiger charge is 2.09. The summed E-state index contributed by atoms with van der Waals surface area (Å²) in [5.41, 5.74) is 1.22. The number of carbonyl (C=O) groups excluding carboxylic acids is 2. The molecule has 1 N–H and O–H groups in total. The molecule has 1 aromatic rings. The molecule has 0 aliphatic heterocycles. The van der Waals surface area contributed by atoms with Gasteiger partial charge in [0.2, 0.25) is 11.8 Å². The Balaban J connectivity index is 2.30. The molecule has 1 rings (SSSR count). The third kappa shape index (κ3) is 7.49. The van der Waals surface area contributed by atoms with Crippen molar-refractivity contribution in [2.24, 2.45) is 0 Å². The van der Waals surface area contributed by atoms with E-state index in [2.05, 4.69) is 24.4 Å². The second kappa shape index (κ2) is 9.97. The topological polar surface area (TPSA) is 49.4 Å². The first-order valence-electron chi connectivity index (χ1n) is 7.69. The Morgan fingerprint density at radius 3 is 2.48 bits per heavy atom. The van der Waals surface area contributed by atoms with Crippen molar-refractivity contribution in [1.29, 1.82) is 0 Å². The number of hydrogen-bond donors (Lipinski definition) is 1. The van der Waals surface area contributed by atoms with Gasteiger partial charge in [-0.3, -0.25) is 9.59 Å². The van der Waals surface area contributed by atoms with Gasteiger partial charge in [-0.2, -0.15) is 0 Å². The van der Waals surface area contributed by atoms with Gasteiger partial charge >= 0.3 is 0 Å². The Kier molecular flexibility index (Phi) is 8.17. The van der Waals surface area contributed by atoms with Crippen molar-refractivity contribution in [2.45, 2.75) is 39.5 Å². The molecule has 0 aliphatic carbocycles. The molecule has 4 heteroatoms. The molecule has 0 aromatic heterocycles. The average Bonchev–Trinajstić information content (AvgIpc) is 2.49. The number of nitrogens with zero attached hydrogens (tertiary/aromatic N) is 1. The first-order valence-corrected chi connectivity index (χ1v) is 7.69. The van der Waals surface area contributed by atoms with E-state index in [-0.39, 0.29) is 11.8 Å². The lowest BCUT2D eigenvalue weighted by molar-refractivity contribution is -0.129. The summed E-state index contributed by atoms with van der Waals surface area (Å²) in [6.07, 6.45) is 3.34. The van der Waals surface area contributed by atoms with E-state index in [0.717, 1.165) is 19.3 Å². The van der Waals surface area contributed by atoms with Crippen molar-refractivity contribution < 1.29 is 9.59 Å². The zero-order valence-electron chi connectivity index (χ0n) is 13.1. The monoisotopic (exact) mass is 290 g/mol. The van der Waals surface area contributed by atoms with Gasteiger partial charge in [0, 0.05) is 33.0 Å². The summed E-state index contributed by atoms with van der Waals surface area (Å²) in [6, 6.07) is 10.1. The van der Waals surface area contributed by atoms with Gasteiger partial charge < -0.3 is 10.2 Å². The fourth-order valence-corrected chi connectivity index (χ4v) is 2.09. The molecule has 0 heterocycles. The molecule has 0 aliphatic rings. The van der Waals surface area contributed by atoms with Crippen LogP contribution in [0.2, 0.25) is 0 Å². The van der Waals surface area contributed by atoms with Crippen molar-refractivity contribution >= 4 is 11.8 Å². The standard InChI is InChI=1S/C17H26N2O2/c1-3-4-10-17(21)18-12-14-19(15(2)20)13-11-16-8-6-5-7-9-16/h5-9H,3-4,10-14H2,1-2H3,(H,18,21). The highest BCUT2D eigenvalue weighted by atomic mass is 16.2. The lowest BCUT2D eigenvalue weighted by Gasteiger charge is -2.21. The molecular formula is C17H26N2O2. The Labute approximate surface area is 127 Å². The van der Waals surface area contributed by atoms with Gasteiger partial charge in [-0.1, -0.05) is 43.7 Å². The quantitative estimate of drug-likeness (QED) is 0.759. The number of amides is 2. The molecule has 2 amide bonds. The van der Waals surface area contributed by atoms with Crippen LogP contribution in [0.5, 0.6) is 0 Å². The predicted molar refractivity (Wildman–Crippen MR) is 84.9 cm³/mol. The molecule has 0 fully saturated rings. The Bertz CT molecular complexity index is 432. The van der Waals surface area contributed by atoms with E-state index in [1.165, 1.54) is 5.56 Å². The van der Waals surface area contributed by atoms with E-state index in [9.17, 15) is 9.59 Å². The van der Waals surface area contributed by atoms with Crippen LogP contribution < -0.4 is 5.32 Å². The molecule has 0 unspecified atom stereocenters. The summed E-state index contributed by atoms with van der Waals surface area (Å²) in [7, 11) is 0. The molecule has 0 saturated carbocycles. The van der Waals surface area contributed by atoms with Crippen LogP contribution in [0.25, 0.3) is 0 Å². The molecule has 116 valence electrons. The first-order chi connectivity index (χ1) is 10.1. The minimum atomic E-state index is 0.0498. The van der Waals surface area contributed by atoms with Crippen molar-refractivity contribution in [1.82, 2.24) is 10.2 Å². The zero-order valence-corrected chi connectivity index (χ0v) is 13.1. The van der Waals surface area contributed by atoms with Crippen molar-refractivity contribution in [3.05, 3.63) is 35.9 Å². The third-order valence-corrected chi connectivity index (χ3v) is 3.42. The van der Waals surface area contributed by atoms with Gasteiger partial charge in [-0.25, -0.2) is 0 Å². The summed E-state index contributed by atoms with van der Waals surface area (Å²) < 4.78 is 0. The van der Waals surface area contributed by atoms with Crippen LogP contribution in [0.3, 0.4) is 0 Å². The largest absolute Gasteiger partial charge is 0.354 e. The zero-order chi connectivity index (χ0) is 15.5. The molecular weight excluding hydrogens is 264 g/mol. The Morgan fingerprint density at radius 1 is 1.14 bits per heavy atom. The first kappa shape index (κ1) is 17.2. The molecule has 4 nitrogen and oxygen atoms in total. The highest BCUT2D eigenvalue weighted by molar-refractivity contribution is 5.76. The summed E-state index contributed by atoms with van der Waals surface area (Å²) in [4.78, 5) is 24.9. The maximum absolute atomic E-state index is 11.6. The Hall–Kier alpha value is -1.84. The second-order valence-corrected chi connectivity index (χ2v) is 5.20. The summed E-state index contributed by atoms with van der Waals surface area (Å²) in [5, 5.41) is 2.87. The predicted octanol–water partition coefficient (Wildman–Crippen LogP) is 2.38. The molecule has 0 radical (unpaired) electrons. The number of nitrogens with one attached hydrogen (secondary N) is 1. The smallest absolute Gasteiger partial charge is 0.220 e. The van der Waals surface area contributed by atoms with Crippen molar-refractivity contribution in [3.63, 3.8) is 0 Å². The van der Waals surface area contributed by atoms with E-state index in [1.54, 1.807) is 11.8 Å². The lowest BCUT2D eigenvalue weighted by Crippen LogP contribution is -2.38. The van der Waals surface area contributed by atoms with Gasteiger partial charge in [0.25, 0.3) is 0 Å². The summed E-state index contributed by atoms with van der Waals surface area (Å²) in [6.45, 7) is 5.42. The molecule has 0 bridgehead atoms. The second-order valence-electron chi connectivity index (χ2n) is 5.20. The molecule has 0 atom stereocenters. The van der Waals surface area contributed by atoms with Gasteiger partial charge in [-0.15, -0.1) is 0 Å². The van der Waals surface area contributed by atoms with Crippen LogP contribution in [0.1, 0.15) is 38.7 Å². The number of benzene rings is 1. The van der Waals surface area contributed by atoms with E-state index in [1.807, 2.05) is 18.2 Å². The van der Waals surface area contributed by atoms with Crippen LogP contribution in [0.15, 0.2) is 30.3 Å². The van der Waals surface area contributed by atoms with Crippen LogP contribution in [-0.2, 0) is 16.0 Å². The Morgan fingerprint density at radius 2 is 1.86 bits per heavy atom. The summed E-state index contributed by atoms with van der Waals surface area (Å²) >= 11 is 0. The number of hydrogen-bond acceptors (Lipinski definition) is 2. The van der Waals surface area contributed by atoms with E-state index in [0.29, 0.717) is 26.1 Å².